The van der Waals surface area contributed by atoms with Crippen LogP contribution in [-0.4, -0.2) is 45.1 Å². The van der Waals surface area contributed by atoms with Gasteiger partial charge in [0.15, 0.2) is 5.82 Å². The molecule has 3 N–H and O–H groups in total. The molecular weight excluding hydrogens is 396 g/mol. The van der Waals surface area contributed by atoms with Crippen LogP contribution in [-0.2, 0) is 23.1 Å². The van der Waals surface area contributed by atoms with Gasteiger partial charge in [-0.3, -0.25) is 5.10 Å². The van der Waals surface area contributed by atoms with Crippen molar-refractivity contribution in [3.63, 3.8) is 0 Å². The number of nitrogens with one attached hydrogen (secondary N) is 3. The van der Waals surface area contributed by atoms with Gasteiger partial charge in [0.1, 0.15) is 11.9 Å². The molecule has 1 aliphatic rings. The van der Waals surface area contributed by atoms with Crippen LogP contribution in [0.25, 0.3) is 10.9 Å². The summed E-state index contributed by atoms with van der Waals surface area (Å²) < 4.78 is 12.9. The van der Waals surface area contributed by atoms with Crippen molar-refractivity contribution in [1.82, 2.24) is 25.1 Å². The van der Waals surface area contributed by atoms with E-state index in [4.69, 9.17) is 9.47 Å². The van der Waals surface area contributed by atoms with Gasteiger partial charge in [0.05, 0.1) is 12.1 Å². The zero-order valence-electron chi connectivity index (χ0n) is 18.4. The minimum Gasteiger partial charge on any atom is -0.446 e. The number of aromatic nitrogens is 4. The number of rotatable bonds is 7. The molecule has 0 bridgehead atoms. The van der Waals surface area contributed by atoms with Gasteiger partial charge in [-0.25, -0.2) is 9.78 Å². The minimum absolute atomic E-state index is 0.0672. The van der Waals surface area contributed by atoms with Crippen molar-refractivity contribution >= 4 is 28.6 Å². The van der Waals surface area contributed by atoms with Gasteiger partial charge in [0.2, 0.25) is 0 Å². The number of H-pyrrole nitrogens is 1. The Morgan fingerprint density at radius 2 is 2.19 bits per heavy atom. The van der Waals surface area contributed by atoms with Crippen molar-refractivity contribution < 1.29 is 14.3 Å². The maximum Gasteiger partial charge on any atom is 0.407 e. The largest absolute Gasteiger partial charge is 0.446 e. The summed E-state index contributed by atoms with van der Waals surface area (Å²) in [6.07, 6.45) is 3.97. The van der Waals surface area contributed by atoms with Crippen molar-refractivity contribution in [2.24, 2.45) is 7.05 Å². The molecule has 3 heterocycles. The first kappa shape index (κ1) is 21.2. The molecule has 1 fully saturated rings. The highest BCUT2D eigenvalue weighted by Crippen LogP contribution is 2.36. The fraction of sp³-hybridized carbons (Fsp3) is 0.500. The van der Waals surface area contributed by atoms with Crippen molar-refractivity contribution in [2.45, 2.75) is 57.8 Å². The normalized spacial score (nSPS) is 18.6. The van der Waals surface area contributed by atoms with Crippen molar-refractivity contribution in [3.8, 4) is 0 Å². The first-order valence-corrected chi connectivity index (χ1v) is 10.7. The number of fused-ring (bicyclic) bond motifs is 1. The standard InChI is InChI=1S/C22H30N6O3/c1-13(2)24-22(29)31-16-6-5-14(9-16)18-11-20(27-26-18)25-21-17-10-15(12-30-4)28(3)19(17)7-8-23-21/h7-8,10-11,13-14,16H,5-6,9,12H2,1-4H3,(H,24,29)(H2,23,25,26,27). The quantitative estimate of drug-likeness (QED) is 0.528. The topological polar surface area (TPSA) is 106 Å². The number of aryl methyl sites for hydroxylation is 1. The molecule has 1 amide bonds. The summed E-state index contributed by atoms with van der Waals surface area (Å²) in [5.41, 5.74) is 3.20. The maximum absolute atomic E-state index is 11.9. The molecule has 0 aliphatic heterocycles. The minimum atomic E-state index is -0.345. The molecule has 1 saturated carbocycles. The summed E-state index contributed by atoms with van der Waals surface area (Å²) in [4.78, 5) is 16.4. The first-order chi connectivity index (χ1) is 14.9. The van der Waals surface area contributed by atoms with Crippen LogP contribution in [0.3, 0.4) is 0 Å². The maximum atomic E-state index is 11.9. The second-order valence-electron chi connectivity index (χ2n) is 8.39. The summed E-state index contributed by atoms with van der Waals surface area (Å²) in [5, 5.41) is 14.7. The fourth-order valence-corrected chi connectivity index (χ4v) is 4.18. The van der Waals surface area contributed by atoms with Crippen LogP contribution in [0, 0.1) is 0 Å². The molecule has 9 nitrogen and oxygen atoms in total. The predicted octanol–water partition coefficient (Wildman–Crippen LogP) is 3.96. The average molecular weight is 427 g/mol. The average Bonchev–Trinajstić information content (AvgIpc) is 3.43. The van der Waals surface area contributed by atoms with Crippen LogP contribution < -0.4 is 10.6 Å². The second-order valence-corrected chi connectivity index (χ2v) is 8.39. The first-order valence-electron chi connectivity index (χ1n) is 10.7. The van der Waals surface area contributed by atoms with Gasteiger partial charge >= 0.3 is 6.09 Å². The van der Waals surface area contributed by atoms with Gasteiger partial charge in [-0.15, -0.1) is 0 Å². The Morgan fingerprint density at radius 1 is 1.35 bits per heavy atom. The Morgan fingerprint density at radius 3 is 2.97 bits per heavy atom. The van der Waals surface area contributed by atoms with E-state index in [9.17, 15) is 4.79 Å². The molecule has 2 atom stereocenters. The molecule has 0 radical (unpaired) electrons. The number of amides is 1. The number of ether oxygens (including phenoxy) is 2. The number of carbonyl (C=O) groups is 1. The Hall–Kier alpha value is -3.07. The van der Waals surface area contributed by atoms with E-state index in [2.05, 4.69) is 36.4 Å². The monoisotopic (exact) mass is 426 g/mol. The molecule has 1 aliphatic carbocycles. The number of alkyl carbamates (subject to hydrolysis) is 1. The molecule has 9 heteroatoms. The molecule has 166 valence electrons. The number of aromatic amines is 1. The van der Waals surface area contributed by atoms with Gasteiger partial charge in [0, 0.05) is 55.2 Å². The molecule has 0 spiro atoms. The van der Waals surface area contributed by atoms with Crippen LogP contribution in [0.4, 0.5) is 16.4 Å². The zero-order chi connectivity index (χ0) is 22.0. The molecule has 4 rings (SSSR count). The Bertz CT molecular complexity index is 1060. The van der Waals surface area contributed by atoms with Gasteiger partial charge in [0.25, 0.3) is 0 Å². The van der Waals surface area contributed by atoms with Gasteiger partial charge < -0.3 is 24.7 Å². The van der Waals surface area contributed by atoms with Crippen molar-refractivity contribution in [2.75, 3.05) is 12.4 Å². The molecule has 3 aromatic heterocycles. The molecule has 3 aromatic rings. The summed E-state index contributed by atoms with van der Waals surface area (Å²) in [7, 11) is 3.71. The van der Waals surface area contributed by atoms with Crippen LogP contribution in [0.15, 0.2) is 24.4 Å². The fourth-order valence-electron chi connectivity index (χ4n) is 4.18. The second kappa shape index (κ2) is 8.97. The molecule has 0 aromatic carbocycles. The predicted molar refractivity (Wildman–Crippen MR) is 118 cm³/mol. The summed E-state index contributed by atoms with van der Waals surface area (Å²) in [6.45, 7) is 4.37. The summed E-state index contributed by atoms with van der Waals surface area (Å²) in [6, 6.07) is 6.16. The van der Waals surface area contributed by atoms with Gasteiger partial charge in [-0.2, -0.15) is 5.10 Å². The third kappa shape index (κ3) is 4.66. The number of methoxy groups -OCH3 is 1. The van der Waals surface area contributed by atoms with E-state index in [-0.39, 0.29) is 24.2 Å². The number of nitrogens with zero attached hydrogens (tertiary/aromatic N) is 3. The number of hydrogen-bond acceptors (Lipinski definition) is 6. The molecule has 31 heavy (non-hydrogen) atoms. The van der Waals surface area contributed by atoms with E-state index in [0.29, 0.717) is 12.4 Å². The van der Waals surface area contributed by atoms with E-state index >= 15 is 0 Å². The van der Waals surface area contributed by atoms with Crippen LogP contribution in [0.5, 0.6) is 0 Å². The lowest BCUT2D eigenvalue weighted by Gasteiger charge is -2.14. The highest BCUT2D eigenvalue weighted by atomic mass is 16.6. The number of carbonyl (C=O) groups excluding carboxylic acids is 1. The van der Waals surface area contributed by atoms with Gasteiger partial charge in [-0.1, -0.05) is 0 Å². The lowest BCUT2D eigenvalue weighted by atomic mass is 10.0. The van der Waals surface area contributed by atoms with Crippen LogP contribution >= 0.6 is 0 Å². The van der Waals surface area contributed by atoms with Gasteiger partial charge in [-0.05, 0) is 45.2 Å². The third-order valence-electron chi connectivity index (χ3n) is 5.71. The molecular formula is C22H30N6O3. The third-order valence-corrected chi connectivity index (χ3v) is 5.71. The van der Waals surface area contributed by atoms with E-state index in [0.717, 1.165) is 47.4 Å². The lowest BCUT2D eigenvalue weighted by Crippen LogP contribution is -2.33. The Labute approximate surface area is 181 Å². The van der Waals surface area contributed by atoms with E-state index in [1.807, 2.05) is 33.0 Å². The number of pyridine rings is 1. The van der Waals surface area contributed by atoms with E-state index < -0.39 is 0 Å². The Kier molecular flexibility index (Phi) is 6.13. The SMILES string of the molecule is COCc1cc2c(Nc3cc(C4CCC(OC(=O)NC(C)C)C4)[nH]n3)nccc2n1C. The van der Waals surface area contributed by atoms with E-state index in [1.54, 1.807) is 13.3 Å². The van der Waals surface area contributed by atoms with Crippen LogP contribution in [0.1, 0.15) is 50.4 Å². The number of anilines is 2. The smallest absolute Gasteiger partial charge is 0.407 e. The Balaban J connectivity index is 1.43. The zero-order valence-corrected chi connectivity index (χ0v) is 18.4. The molecule has 0 saturated heterocycles. The number of hydrogen-bond donors (Lipinski definition) is 3. The van der Waals surface area contributed by atoms with Crippen molar-refractivity contribution in [3.05, 3.63) is 35.8 Å². The lowest BCUT2D eigenvalue weighted by molar-refractivity contribution is 0.0981. The summed E-state index contributed by atoms with van der Waals surface area (Å²) in [5.74, 6) is 1.76. The van der Waals surface area contributed by atoms with Crippen molar-refractivity contribution in [1.29, 1.82) is 0 Å². The van der Waals surface area contributed by atoms with E-state index in [1.165, 1.54) is 0 Å². The highest BCUT2D eigenvalue weighted by Gasteiger charge is 2.30. The van der Waals surface area contributed by atoms with Crippen LogP contribution in [0.2, 0.25) is 0 Å². The highest BCUT2D eigenvalue weighted by molar-refractivity contribution is 5.92. The molecule has 2 unspecified atom stereocenters. The summed E-state index contributed by atoms with van der Waals surface area (Å²) >= 11 is 0.